The predicted molar refractivity (Wildman–Crippen MR) is 78.8 cm³/mol. The van der Waals surface area contributed by atoms with Gasteiger partial charge in [-0.2, -0.15) is 0 Å². The minimum absolute atomic E-state index is 0.130. The molecular weight excluding hydrogens is 267 g/mol. The Bertz CT molecular complexity index is 646. The van der Waals surface area contributed by atoms with Gasteiger partial charge in [-0.1, -0.05) is 42.5 Å². The van der Waals surface area contributed by atoms with E-state index in [4.69, 9.17) is 5.73 Å². The predicted octanol–water partition coefficient (Wildman–Crippen LogP) is 2.24. The Hall–Kier alpha value is -2.20. The zero-order valence-corrected chi connectivity index (χ0v) is 11.6. The Morgan fingerprint density at radius 1 is 1.10 bits per heavy atom. The van der Waals surface area contributed by atoms with Crippen molar-refractivity contribution in [2.24, 2.45) is 5.73 Å². The number of hydrogen-bond acceptors (Lipinski definition) is 2. The molecule has 3 rings (SSSR count). The highest BCUT2D eigenvalue weighted by Crippen LogP contribution is 2.23. The molecule has 1 atom stereocenters. The van der Waals surface area contributed by atoms with Gasteiger partial charge < -0.3 is 10.6 Å². The van der Waals surface area contributed by atoms with Gasteiger partial charge in [-0.3, -0.25) is 4.79 Å². The highest BCUT2D eigenvalue weighted by molar-refractivity contribution is 5.82. The highest BCUT2D eigenvalue weighted by atomic mass is 19.1. The lowest BCUT2D eigenvalue weighted by Gasteiger charge is -2.20. The molecule has 0 aromatic heterocycles. The van der Waals surface area contributed by atoms with Crippen LogP contribution in [0.5, 0.6) is 0 Å². The summed E-state index contributed by atoms with van der Waals surface area (Å²) in [6, 6.07) is 13.7. The van der Waals surface area contributed by atoms with Crippen LogP contribution >= 0.6 is 0 Å². The summed E-state index contributed by atoms with van der Waals surface area (Å²) in [6.07, 6.45) is 0.221. The number of amides is 1. The van der Waals surface area contributed by atoms with Crippen LogP contribution in [-0.2, 0) is 24.3 Å². The lowest BCUT2D eigenvalue weighted by Crippen LogP contribution is -2.42. The third kappa shape index (κ3) is 2.81. The van der Waals surface area contributed by atoms with Crippen molar-refractivity contribution in [1.82, 2.24) is 4.90 Å². The molecule has 1 amide bonds. The monoisotopic (exact) mass is 284 g/mol. The molecule has 2 N–H and O–H groups in total. The first kappa shape index (κ1) is 13.8. The number of nitrogens with two attached hydrogens (primary N) is 1. The fourth-order valence-electron chi connectivity index (χ4n) is 2.71. The van der Waals surface area contributed by atoms with Crippen molar-refractivity contribution in [3.8, 4) is 0 Å². The van der Waals surface area contributed by atoms with E-state index in [1.807, 2.05) is 24.3 Å². The average molecular weight is 284 g/mol. The molecule has 3 nitrogen and oxygen atoms in total. The summed E-state index contributed by atoms with van der Waals surface area (Å²) in [5.74, 6) is -0.445. The molecule has 21 heavy (non-hydrogen) atoms. The number of carbonyl (C=O) groups excluding carboxylic acids is 1. The van der Waals surface area contributed by atoms with Gasteiger partial charge in [-0.05, 0) is 29.2 Å². The number of benzene rings is 2. The van der Waals surface area contributed by atoms with Crippen LogP contribution < -0.4 is 5.73 Å². The number of nitrogens with zero attached hydrogens (tertiary/aromatic N) is 1. The van der Waals surface area contributed by atoms with E-state index >= 15 is 0 Å². The van der Waals surface area contributed by atoms with Crippen molar-refractivity contribution in [2.45, 2.75) is 25.6 Å². The molecule has 2 aromatic carbocycles. The molecule has 108 valence electrons. The van der Waals surface area contributed by atoms with Crippen molar-refractivity contribution in [3.05, 3.63) is 71.0 Å². The smallest absolute Gasteiger partial charge is 0.240 e. The molecule has 1 unspecified atom stereocenters. The van der Waals surface area contributed by atoms with Crippen molar-refractivity contribution in [3.63, 3.8) is 0 Å². The second-order valence-corrected chi connectivity index (χ2v) is 5.37. The first-order valence-corrected chi connectivity index (χ1v) is 6.99. The fourth-order valence-corrected chi connectivity index (χ4v) is 2.71. The molecule has 2 aromatic rings. The highest BCUT2D eigenvalue weighted by Gasteiger charge is 2.27. The van der Waals surface area contributed by atoms with Crippen LogP contribution in [0.4, 0.5) is 4.39 Å². The summed E-state index contributed by atoms with van der Waals surface area (Å²) >= 11 is 0. The molecule has 1 aliphatic heterocycles. The zero-order chi connectivity index (χ0) is 14.8. The van der Waals surface area contributed by atoms with Crippen molar-refractivity contribution in [1.29, 1.82) is 0 Å². The average Bonchev–Trinajstić information content (AvgIpc) is 2.92. The van der Waals surface area contributed by atoms with Crippen LogP contribution in [0.25, 0.3) is 0 Å². The van der Waals surface area contributed by atoms with Gasteiger partial charge in [0, 0.05) is 13.1 Å². The number of carbonyl (C=O) groups is 1. The van der Waals surface area contributed by atoms with Gasteiger partial charge in [-0.25, -0.2) is 4.39 Å². The standard InChI is InChI=1S/C17H17FN2O/c18-15-8-4-3-5-12(15)9-16(19)17(21)20-10-13-6-1-2-7-14(13)11-20/h1-8,16H,9-11,19H2. The summed E-state index contributed by atoms with van der Waals surface area (Å²) in [5.41, 5.74) is 8.77. The Morgan fingerprint density at radius 3 is 2.29 bits per heavy atom. The SMILES string of the molecule is NC(Cc1ccccc1F)C(=O)N1Cc2ccccc2C1. The Kier molecular flexibility index (Phi) is 3.71. The normalized spacial score (nSPS) is 14.9. The second-order valence-electron chi connectivity index (χ2n) is 5.37. The number of rotatable bonds is 3. The van der Waals surface area contributed by atoms with Gasteiger partial charge >= 0.3 is 0 Å². The van der Waals surface area contributed by atoms with Crippen LogP contribution in [0, 0.1) is 5.82 Å². The third-order valence-corrected chi connectivity index (χ3v) is 3.87. The Labute approximate surface area is 123 Å². The van der Waals surface area contributed by atoms with E-state index in [-0.39, 0.29) is 18.1 Å². The first-order chi connectivity index (χ1) is 10.1. The zero-order valence-electron chi connectivity index (χ0n) is 11.6. The van der Waals surface area contributed by atoms with E-state index in [1.54, 1.807) is 23.1 Å². The van der Waals surface area contributed by atoms with Gasteiger partial charge in [0.15, 0.2) is 0 Å². The largest absolute Gasteiger partial charge is 0.333 e. The molecule has 1 heterocycles. The van der Waals surface area contributed by atoms with Crippen LogP contribution in [0.15, 0.2) is 48.5 Å². The molecule has 0 spiro atoms. The maximum atomic E-state index is 13.6. The quantitative estimate of drug-likeness (QED) is 0.939. The molecule has 0 saturated carbocycles. The summed E-state index contributed by atoms with van der Waals surface area (Å²) in [7, 11) is 0. The molecule has 0 radical (unpaired) electrons. The maximum absolute atomic E-state index is 13.6. The lowest BCUT2D eigenvalue weighted by molar-refractivity contribution is -0.133. The molecule has 0 fully saturated rings. The van der Waals surface area contributed by atoms with E-state index in [1.165, 1.54) is 6.07 Å². The lowest BCUT2D eigenvalue weighted by atomic mass is 10.1. The minimum Gasteiger partial charge on any atom is -0.333 e. The van der Waals surface area contributed by atoms with E-state index in [9.17, 15) is 9.18 Å². The molecule has 4 heteroatoms. The molecule has 0 saturated heterocycles. The van der Waals surface area contributed by atoms with Crippen LogP contribution in [0.1, 0.15) is 16.7 Å². The van der Waals surface area contributed by atoms with E-state index < -0.39 is 6.04 Å². The van der Waals surface area contributed by atoms with E-state index in [0.717, 1.165) is 11.1 Å². The Morgan fingerprint density at radius 2 is 1.67 bits per heavy atom. The van der Waals surface area contributed by atoms with Crippen LogP contribution in [0.3, 0.4) is 0 Å². The van der Waals surface area contributed by atoms with E-state index in [2.05, 4.69) is 0 Å². The first-order valence-electron chi connectivity index (χ1n) is 6.99. The molecule has 0 bridgehead atoms. The minimum atomic E-state index is -0.712. The Balaban J connectivity index is 1.68. The number of fused-ring (bicyclic) bond motifs is 1. The van der Waals surface area contributed by atoms with Crippen molar-refractivity contribution < 1.29 is 9.18 Å². The van der Waals surface area contributed by atoms with Gasteiger partial charge in [0.05, 0.1) is 6.04 Å². The van der Waals surface area contributed by atoms with Gasteiger partial charge in [0.25, 0.3) is 0 Å². The fraction of sp³-hybridized carbons (Fsp3) is 0.235. The van der Waals surface area contributed by atoms with Crippen LogP contribution in [-0.4, -0.2) is 16.8 Å². The number of halogens is 1. The maximum Gasteiger partial charge on any atom is 0.240 e. The molecule has 1 aliphatic rings. The molecular formula is C17H17FN2O. The van der Waals surface area contributed by atoms with Crippen LogP contribution in [0.2, 0.25) is 0 Å². The van der Waals surface area contributed by atoms with Gasteiger partial charge in [0.1, 0.15) is 5.82 Å². The topological polar surface area (TPSA) is 46.3 Å². The summed E-state index contributed by atoms with van der Waals surface area (Å²) in [4.78, 5) is 14.1. The second kappa shape index (κ2) is 5.66. The van der Waals surface area contributed by atoms with E-state index in [0.29, 0.717) is 18.7 Å². The van der Waals surface area contributed by atoms with Gasteiger partial charge in [-0.15, -0.1) is 0 Å². The van der Waals surface area contributed by atoms with Gasteiger partial charge in [0.2, 0.25) is 5.91 Å². The number of hydrogen-bond donors (Lipinski definition) is 1. The van der Waals surface area contributed by atoms with Crippen molar-refractivity contribution >= 4 is 5.91 Å². The summed E-state index contributed by atoms with van der Waals surface area (Å²) < 4.78 is 13.6. The van der Waals surface area contributed by atoms with Crippen molar-refractivity contribution in [2.75, 3.05) is 0 Å². The summed E-state index contributed by atoms with van der Waals surface area (Å²) in [5, 5.41) is 0. The third-order valence-electron chi connectivity index (χ3n) is 3.87. The molecule has 0 aliphatic carbocycles. The summed E-state index contributed by atoms with van der Waals surface area (Å²) in [6.45, 7) is 1.17.